The molecule has 0 radical (unpaired) electrons. The molecule has 0 aliphatic heterocycles. The molecule has 122 valence electrons. The molecule has 0 N–H and O–H groups in total. The number of aryl methyl sites for hydroxylation is 1. The normalized spacial score (nSPS) is 10.6. The second-order valence-corrected chi connectivity index (χ2v) is 5.97. The summed E-state index contributed by atoms with van der Waals surface area (Å²) in [4.78, 5) is 25.7. The van der Waals surface area contributed by atoms with Gasteiger partial charge >= 0.3 is 0 Å². The molecule has 0 spiro atoms. The summed E-state index contributed by atoms with van der Waals surface area (Å²) in [6.07, 6.45) is 2.23. The predicted octanol–water partition coefficient (Wildman–Crippen LogP) is 2.77. The SMILES string of the molecule is CCc1ccc(CN(C)C(=O)Cn2ncc(Cl)c(Cl)c2=O)cc1. The molecule has 0 atom stereocenters. The molecule has 0 bridgehead atoms. The molecule has 7 heteroatoms. The fourth-order valence-corrected chi connectivity index (χ4v) is 2.32. The van der Waals surface area contributed by atoms with Crippen LogP contribution >= 0.6 is 23.2 Å². The van der Waals surface area contributed by atoms with Gasteiger partial charge in [-0.2, -0.15) is 5.10 Å². The Morgan fingerprint density at radius 2 is 1.83 bits per heavy atom. The lowest BCUT2D eigenvalue weighted by molar-refractivity contribution is -0.131. The van der Waals surface area contributed by atoms with Crippen LogP contribution < -0.4 is 5.56 Å². The Kier molecular flexibility index (Phi) is 5.80. The zero-order valence-electron chi connectivity index (χ0n) is 12.9. The third kappa shape index (κ3) is 4.33. The van der Waals surface area contributed by atoms with E-state index in [0.29, 0.717) is 6.54 Å². The molecule has 0 saturated heterocycles. The summed E-state index contributed by atoms with van der Waals surface area (Å²) >= 11 is 11.5. The van der Waals surface area contributed by atoms with Gasteiger partial charge < -0.3 is 4.90 Å². The van der Waals surface area contributed by atoms with E-state index in [-0.39, 0.29) is 22.5 Å². The van der Waals surface area contributed by atoms with Crippen molar-refractivity contribution in [1.82, 2.24) is 14.7 Å². The van der Waals surface area contributed by atoms with Crippen LogP contribution in [0.15, 0.2) is 35.3 Å². The molecule has 0 saturated carbocycles. The molecular formula is C16H17Cl2N3O2. The number of halogens is 2. The van der Waals surface area contributed by atoms with Crippen molar-refractivity contribution in [1.29, 1.82) is 0 Å². The molecule has 0 aliphatic rings. The van der Waals surface area contributed by atoms with Gasteiger partial charge in [0.1, 0.15) is 11.6 Å². The van der Waals surface area contributed by atoms with Crippen LogP contribution in [-0.4, -0.2) is 27.6 Å². The monoisotopic (exact) mass is 353 g/mol. The van der Waals surface area contributed by atoms with Gasteiger partial charge in [0, 0.05) is 13.6 Å². The van der Waals surface area contributed by atoms with Gasteiger partial charge in [-0.05, 0) is 17.5 Å². The Morgan fingerprint density at radius 3 is 2.43 bits per heavy atom. The van der Waals surface area contributed by atoms with E-state index in [1.807, 2.05) is 24.3 Å². The van der Waals surface area contributed by atoms with Crippen molar-refractivity contribution in [3.05, 3.63) is 62.0 Å². The van der Waals surface area contributed by atoms with Crippen molar-refractivity contribution in [2.45, 2.75) is 26.4 Å². The number of rotatable bonds is 5. The highest BCUT2D eigenvalue weighted by Gasteiger charge is 2.14. The average molecular weight is 354 g/mol. The van der Waals surface area contributed by atoms with Crippen molar-refractivity contribution < 1.29 is 4.79 Å². The Morgan fingerprint density at radius 1 is 1.22 bits per heavy atom. The van der Waals surface area contributed by atoms with Crippen LogP contribution in [0, 0.1) is 0 Å². The number of aromatic nitrogens is 2. The van der Waals surface area contributed by atoms with Crippen molar-refractivity contribution in [2.75, 3.05) is 7.05 Å². The molecule has 2 aromatic rings. The number of nitrogens with zero attached hydrogens (tertiary/aromatic N) is 3. The lowest BCUT2D eigenvalue weighted by atomic mass is 10.1. The van der Waals surface area contributed by atoms with Crippen LogP contribution in [0.25, 0.3) is 0 Å². The number of amides is 1. The number of hydrogen-bond acceptors (Lipinski definition) is 3. The van der Waals surface area contributed by atoms with Gasteiger partial charge in [-0.25, -0.2) is 4.68 Å². The Balaban J connectivity index is 2.05. The van der Waals surface area contributed by atoms with Crippen LogP contribution in [0.4, 0.5) is 0 Å². The van der Waals surface area contributed by atoms with E-state index in [1.165, 1.54) is 16.7 Å². The Hall–Kier alpha value is -1.85. The number of hydrogen-bond donors (Lipinski definition) is 0. The van der Waals surface area contributed by atoms with E-state index in [2.05, 4.69) is 12.0 Å². The largest absolute Gasteiger partial charge is 0.340 e. The maximum absolute atomic E-state index is 12.2. The van der Waals surface area contributed by atoms with Gasteiger partial charge in [-0.3, -0.25) is 9.59 Å². The van der Waals surface area contributed by atoms with Gasteiger partial charge in [0.25, 0.3) is 5.56 Å². The van der Waals surface area contributed by atoms with E-state index < -0.39 is 5.56 Å². The smallest absolute Gasteiger partial charge is 0.287 e. The highest BCUT2D eigenvalue weighted by atomic mass is 35.5. The lowest BCUT2D eigenvalue weighted by Gasteiger charge is -2.18. The number of benzene rings is 1. The van der Waals surface area contributed by atoms with E-state index in [0.717, 1.165) is 16.7 Å². The van der Waals surface area contributed by atoms with Gasteiger partial charge in [0.2, 0.25) is 5.91 Å². The maximum Gasteiger partial charge on any atom is 0.287 e. The summed E-state index contributed by atoms with van der Waals surface area (Å²) in [7, 11) is 1.68. The molecule has 5 nitrogen and oxygen atoms in total. The van der Waals surface area contributed by atoms with E-state index in [1.54, 1.807) is 7.05 Å². The standard InChI is InChI=1S/C16H17Cl2N3O2/c1-3-11-4-6-12(7-5-11)9-20(2)14(22)10-21-16(23)15(18)13(17)8-19-21/h4-8H,3,9-10H2,1-2H3. The fourth-order valence-electron chi connectivity index (χ4n) is 2.05. The molecule has 0 fully saturated rings. The summed E-state index contributed by atoms with van der Waals surface area (Å²) in [5.41, 5.74) is 1.69. The quantitative estimate of drug-likeness (QED) is 0.830. The fraction of sp³-hybridized carbons (Fsp3) is 0.312. The first-order chi connectivity index (χ1) is 10.9. The first-order valence-corrected chi connectivity index (χ1v) is 7.91. The molecule has 1 aromatic heterocycles. The van der Waals surface area contributed by atoms with Gasteiger partial charge in [-0.15, -0.1) is 0 Å². The lowest BCUT2D eigenvalue weighted by Crippen LogP contribution is -2.34. The summed E-state index contributed by atoms with van der Waals surface area (Å²) in [6.45, 7) is 2.37. The molecule has 2 rings (SSSR count). The van der Waals surface area contributed by atoms with E-state index in [4.69, 9.17) is 23.2 Å². The minimum atomic E-state index is -0.576. The van der Waals surface area contributed by atoms with E-state index >= 15 is 0 Å². The Labute approximate surface area is 144 Å². The first-order valence-electron chi connectivity index (χ1n) is 7.15. The Bertz CT molecular complexity index is 757. The van der Waals surface area contributed by atoms with Gasteiger partial charge in [0.05, 0.1) is 11.2 Å². The van der Waals surface area contributed by atoms with Crippen LogP contribution in [-0.2, 0) is 24.3 Å². The summed E-state index contributed by atoms with van der Waals surface area (Å²) in [6, 6.07) is 8.07. The second kappa shape index (κ2) is 7.62. The third-order valence-corrected chi connectivity index (χ3v) is 4.25. The number of carbonyl (C=O) groups excluding carboxylic acids is 1. The molecule has 0 unspecified atom stereocenters. The minimum absolute atomic E-state index is 0.0738. The van der Waals surface area contributed by atoms with Crippen LogP contribution in [0.5, 0.6) is 0 Å². The van der Waals surface area contributed by atoms with Gasteiger partial charge in [-0.1, -0.05) is 54.4 Å². The maximum atomic E-state index is 12.2. The first kappa shape index (κ1) is 17.5. The van der Waals surface area contributed by atoms with E-state index in [9.17, 15) is 9.59 Å². The van der Waals surface area contributed by atoms with Crippen molar-refractivity contribution >= 4 is 29.1 Å². The third-order valence-electron chi connectivity index (χ3n) is 3.50. The summed E-state index contributed by atoms with van der Waals surface area (Å²) in [5, 5.41) is 3.77. The van der Waals surface area contributed by atoms with Crippen molar-refractivity contribution in [2.24, 2.45) is 0 Å². The molecular weight excluding hydrogens is 337 g/mol. The van der Waals surface area contributed by atoms with Crippen LogP contribution in [0.1, 0.15) is 18.1 Å². The number of carbonyl (C=O) groups is 1. The highest BCUT2D eigenvalue weighted by molar-refractivity contribution is 6.41. The average Bonchev–Trinajstić information content (AvgIpc) is 2.56. The molecule has 0 aliphatic carbocycles. The van der Waals surface area contributed by atoms with Gasteiger partial charge in [0.15, 0.2) is 0 Å². The molecule has 23 heavy (non-hydrogen) atoms. The van der Waals surface area contributed by atoms with Crippen molar-refractivity contribution in [3.63, 3.8) is 0 Å². The number of likely N-dealkylation sites (N-methyl/N-ethyl adjacent to an activating group) is 1. The zero-order chi connectivity index (χ0) is 17.0. The molecule has 1 aromatic carbocycles. The highest BCUT2D eigenvalue weighted by Crippen LogP contribution is 2.14. The van der Waals surface area contributed by atoms with Crippen LogP contribution in [0.2, 0.25) is 10.0 Å². The summed E-state index contributed by atoms with van der Waals surface area (Å²) < 4.78 is 1.01. The zero-order valence-corrected chi connectivity index (χ0v) is 14.4. The minimum Gasteiger partial charge on any atom is -0.340 e. The van der Waals surface area contributed by atoms with Crippen LogP contribution in [0.3, 0.4) is 0 Å². The predicted molar refractivity (Wildman–Crippen MR) is 90.8 cm³/mol. The molecule has 1 heterocycles. The van der Waals surface area contributed by atoms with Crippen molar-refractivity contribution in [3.8, 4) is 0 Å². The summed E-state index contributed by atoms with van der Waals surface area (Å²) in [5.74, 6) is -0.238. The molecule has 1 amide bonds. The second-order valence-electron chi connectivity index (χ2n) is 5.19. The topological polar surface area (TPSA) is 55.2 Å².